The second kappa shape index (κ2) is 7.81. The van der Waals surface area contributed by atoms with Crippen molar-refractivity contribution in [3.63, 3.8) is 0 Å². The highest BCUT2D eigenvalue weighted by Gasteiger charge is 2.20. The molecule has 0 aliphatic heterocycles. The predicted octanol–water partition coefficient (Wildman–Crippen LogP) is 4.05. The van der Waals surface area contributed by atoms with Crippen LogP contribution in [0.3, 0.4) is 0 Å². The maximum Gasteiger partial charge on any atom is 0.0297 e. The molecule has 0 aromatic heterocycles. The lowest BCUT2D eigenvalue weighted by Crippen LogP contribution is -2.17. The first-order chi connectivity index (χ1) is 6.88. The van der Waals surface area contributed by atoms with E-state index in [4.69, 9.17) is 5.73 Å². The summed E-state index contributed by atoms with van der Waals surface area (Å²) in [4.78, 5) is 0. The largest absolute Gasteiger partial charge is 0.324 e. The monoisotopic (exact) mass is 197 g/mol. The third-order valence-corrected chi connectivity index (χ3v) is 2.48. The molecule has 2 aliphatic carbocycles. The van der Waals surface area contributed by atoms with E-state index in [9.17, 15) is 0 Å². The minimum absolute atomic E-state index is 0. The first kappa shape index (κ1) is 13.4. The average molecular weight is 197 g/mol. The van der Waals surface area contributed by atoms with E-state index in [0.29, 0.717) is 6.04 Å². The molecule has 0 bridgehead atoms. The number of allylic oxidation sites excluding steroid dienone is 2. The normalized spacial score (nSPS) is 23.1. The Morgan fingerprint density at radius 3 is 2.43 bits per heavy atom. The molecule has 0 saturated heterocycles. The fraction of sp³-hybridized carbons (Fsp3) is 0.692. The average Bonchev–Trinajstić information content (AvgIpc) is 2.67. The SMILES string of the molecule is CC.CC.N[C@H]1CCC2=C1C=CCC2.[HH]. The Hall–Kier alpha value is -0.560. The molecule has 14 heavy (non-hydrogen) atoms. The van der Waals surface area contributed by atoms with Crippen molar-refractivity contribution >= 4 is 0 Å². The highest BCUT2D eigenvalue weighted by molar-refractivity contribution is 5.37. The molecule has 0 heterocycles. The van der Waals surface area contributed by atoms with Gasteiger partial charge in [-0.15, -0.1) is 0 Å². The van der Waals surface area contributed by atoms with Crippen molar-refractivity contribution in [1.29, 1.82) is 0 Å². The van der Waals surface area contributed by atoms with Gasteiger partial charge in [-0.3, -0.25) is 0 Å². The Balaban J connectivity index is 0. The lowest BCUT2D eigenvalue weighted by Gasteiger charge is -2.09. The highest BCUT2D eigenvalue weighted by Crippen LogP contribution is 2.32. The van der Waals surface area contributed by atoms with E-state index in [1.165, 1.54) is 31.3 Å². The third-order valence-electron chi connectivity index (χ3n) is 2.48. The Labute approximate surface area is 90.6 Å². The van der Waals surface area contributed by atoms with E-state index in [-0.39, 0.29) is 1.43 Å². The van der Waals surface area contributed by atoms with E-state index in [0.717, 1.165) is 0 Å². The van der Waals surface area contributed by atoms with Crippen LogP contribution in [-0.2, 0) is 0 Å². The standard InChI is InChI=1S/C9H13N.2C2H6.H2/c10-9-6-5-7-3-1-2-4-8(7)9;2*1-2;/h2,4,9H,1,3,5-6,10H2;2*1-2H3;1H/t9-;;;/m0.../s1. The molecule has 0 spiro atoms. The highest BCUT2D eigenvalue weighted by atomic mass is 14.6. The first-order valence-electron chi connectivity index (χ1n) is 6.02. The summed E-state index contributed by atoms with van der Waals surface area (Å²) in [5, 5.41) is 0. The van der Waals surface area contributed by atoms with Crippen LogP contribution in [0.25, 0.3) is 0 Å². The maximum absolute atomic E-state index is 5.88. The molecule has 1 heteroatoms. The van der Waals surface area contributed by atoms with E-state index in [1.54, 1.807) is 5.57 Å². The van der Waals surface area contributed by atoms with Gasteiger partial charge < -0.3 is 5.73 Å². The van der Waals surface area contributed by atoms with E-state index >= 15 is 0 Å². The summed E-state index contributed by atoms with van der Waals surface area (Å²) in [6, 6.07) is 0.353. The van der Waals surface area contributed by atoms with Crippen LogP contribution in [0.15, 0.2) is 23.3 Å². The van der Waals surface area contributed by atoms with Crippen LogP contribution in [0.1, 0.15) is 54.8 Å². The fourth-order valence-corrected chi connectivity index (χ4v) is 1.87. The smallest absolute Gasteiger partial charge is 0.0297 e. The van der Waals surface area contributed by atoms with Crippen molar-refractivity contribution in [2.45, 2.75) is 59.4 Å². The van der Waals surface area contributed by atoms with Crippen molar-refractivity contribution < 1.29 is 1.43 Å². The molecule has 0 fully saturated rings. The van der Waals surface area contributed by atoms with Gasteiger partial charge >= 0.3 is 0 Å². The molecule has 84 valence electrons. The molecule has 0 radical (unpaired) electrons. The molecule has 1 nitrogen and oxygen atoms in total. The summed E-state index contributed by atoms with van der Waals surface area (Å²) < 4.78 is 0. The van der Waals surface area contributed by atoms with Crippen LogP contribution in [0.2, 0.25) is 0 Å². The number of rotatable bonds is 0. The first-order valence-corrected chi connectivity index (χ1v) is 6.02. The van der Waals surface area contributed by atoms with Crippen LogP contribution in [0.5, 0.6) is 0 Å². The molecule has 0 aromatic carbocycles. The second-order valence-electron chi connectivity index (χ2n) is 3.15. The molecule has 2 N–H and O–H groups in total. The van der Waals surface area contributed by atoms with Gasteiger partial charge in [0.25, 0.3) is 0 Å². The number of hydrogen-bond acceptors (Lipinski definition) is 1. The maximum atomic E-state index is 5.88. The third kappa shape index (κ3) is 3.30. The zero-order chi connectivity index (χ0) is 11.0. The van der Waals surface area contributed by atoms with Crippen molar-refractivity contribution in [3.8, 4) is 0 Å². The zero-order valence-corrected chi connectivity index (χ0v) is 10.1. The van der Waals surface area contributed by atoms with Gasteiger partial charge in [0.15, 0.2) is 0 Å². The van der Waals surface area contributed by atoms with Crippen LogP contribution >= 0.6 is 0 Å². The predicted molar refractivity (Wildman–Crippen MR) is 67.4 cm³/mol. The fourth-order valence-electron chi connectivity index (χ4n) is 1.87. The molecule has 1 atom stereocenters. The Bertz CT molecular complexity index is 207. The van der Waals surface area contributed by atoms with Gasteiger partial charge in [0, 0.05) is 7.47 Å². The van der Waals surface area contributed by atoms with Crippen LogP contribution in [0, 0.1) is 0 Å². The minimum Gasteiger partial charge on any atom is -0.324 e. The summed E-state index contributed by atoms with van der Waals surface area (Å²) in [5.41, 5.74) is 8.94. The van der Waals surface area contributed by atoms with E-state index in [1.807, 2.05) is 27.7 Å². The molecular formula is C13H27N. The van der Waals surface area contributed by atoms with Crippen molar-refractivity contribution in [2.24, 2.45) is 5.73 Å². The summed E-state index contributed by atoms with van der Waals surface area (Å²) in [7, 11) is 0. The quantitative estimate of drug-likeness (QED) is 0.623. The van der Waals surface area contributed by atoms with Crippen molar-refractivity contribution in [2.75, 3.05) is 0 Å². The summed E-state index contributed by atoms with van der Waals surface area (Å²) in [6.07, 6.45) is 9.38. The summed E-state index contributed by atoms with van der Waals surface area (Å²) in [6.45, 7) is 8.00. The molecule has 0 saturated carbocycles. The Kier molecular flexibility index (Phi) is 7.50. The van der Waals surface area contributed by atoms with Crippen LogP contribution < -0.4 is 5.73 Å². The molecule has 2 aliphatic rings. The molecular weight excluding hydrogens is 170 g/mol. The Morgan fingerprint density at radius 1 is 1.21 bits per heavy atom. The van der Waals surface area contributed by atoms with Gasteiger partial charge in [-0.25, -0.2) is 0 Å². The molecule has 2 rings (SSSR count). The topological polar surface area (TPSA) is 26.0 Å². The van der Waals surface area contributed by atoms with Crippen molar-refractivity contribution in [3.05, 3.63) is 23.3 Å². The lowest BCUT2D eigenvalue weighted by molar-refractivity contribution is 0.756. The number of nitrogens with two attached hydrogens (primary N) is 1. The van der Waals surface area contributed by atoms with Gasteiger partial charge in [-0.05, 0) is 31.3 Å². The van der Waals surface area contributed by atoms with Gasteiger partial charge in [0.1, 0.15) is 0 Å². The van der Waals surface area contributed by atoms with Crippen molar-refractivity contribution in [1.82, 2.24) is 0 Å². The van der Waals surface area contributed by atoms with E-state index < -0.39 is 0 Å². The molecule has 0 aromatic rings. The molecule has 0 unspecified atom stereocenters. The molecule has 0 amide bonds. The van der Waals surface area contributed by atoms with E-state index in [2.05, 4.69) is 12.2 Å². The van der Waals surface area contributed by atoms with Gasteiger partial charge in [-0.2, -0.15) is 0 Å². The van der Waals surface area contributed by atoms with Crippen LogP contribution in [0.4, 0.5) is 0 Å². The van der Waals surface area contributed by atoms with Gasteiger partial charge in [-0.1, -0.05) is 45.4 Å². The second-order valence-corrected chi connectivity index (χ2v) is 3.15. The number of hydrogen-bond donors (Lipinski definition) is 1. The van der Waals surface area contributed by atoms with Gasteiger partial charge in [0.2, 0.25) is 0 Å². The minimum atomic E-state index is 0. The zero-order valence-electron chi connectivity index (χ0n) is 10.1. The summed E-state index contributed by atoms with van der Waals surface area (Å²) >= 11 is 0. The lowest BCUT2D eigenvalue weighted by atomic mass is 9.99. The van der Waals surface area contributed by atoms with Gasteiger partial charge in [0.05, 0.1) is 0 Å². The van der Waals surface area contributed by atoms with Crippen LogP contribution in [-0.4, -0.2) is 6.04 Å². The summed E-state index contributed by atoms with van der Waals surface area (Å²) in [5.74, 6) is 0. The Morgan fingerprint density at radius 2 is 1.86 bits per heavy atom.